The summed E-state index contributed by atoms with van der Waals surface area (Å²) in [7, 11) is 1.73. The van der Waals surface area contributed by atoms with E-state index in [9.17, 15) is 0 Å². The molecule has 0 radical (unpaired) electrons. The third-order valence-corrected chi connectivity index (χ3v) is 7.36. The molecule has 0 N–H and O–H groups in total. The highest BCUT2D eigenvalue weighted by Gasteiger charge is 2.52. The van der Waals surface area contributed by atoms with Crippen LogP contribution in [0, 0.1) is 0 Å². The molecular formula is C28H28N2O2. The van der Waals surface area contributed by atoms with E-state index in [1.54, 1.807) is 7.11 Å². The van der Waals surface area contributed by atoms with Crippen LogP contribution < -0.4 is 9.47 Å². The number of hydrogen-bond donors (Lipinski definition) is 0. The Kier molecular flexibility index (Phi) is 4.67. The Balaban J connectivity index is 1.37. The second kappa shape index (κ2) is 7.70. The van der Waals surface area contributed by atoms with Crippen LogP contribution in [0.15, 0.2) is 84.0 Å². The molecule has 2 aliphatic heterocycles. The van der Waals surface area contributed by atoms with E-state index in [1.807, 2.05) is 12.1 Å². The fraction of sp³-hybridized carbons (Fsp3) is 0.321. The summed E-state index contributed by atoms with van der Waals surface area (Å²) in [6, 6.07) is 27.8. The van der Waals surface area contributed by atoms with Crippen molar-refractivity contribution in [3.8, 4) is 11.5 Å². The van der Waals surface area contributed by atoms with E-state index < -0.39 is 0 Å². The van der Waals surface area contributed by atoms with Gasteiger partial charge in [0.1, 0.15) is 11.5 Å². The van der Waals surface area contributed by atoms with Gasteiger partial charge in [-0.25, -0.2) is 5.01 Å². The zero-order valence-electron chi connectivity index (χ0n) is 18.4. The molecule has 162 valence electrons. The van der Waals surface area contributed by atoms with Gasteiger partial charge >= 0.3 is 0 Å². The second-order valence-corrected chi connectivity index (χ2v) is 9.08. The molecule has 0 bridgehead atoms. The van der Waals surface area contributed by atoms with Gasteiger partial charge in [0, 0.05) is 30.4 Å². The highest BCUT2D eigenvalue weighted by molar-refractivity contribution is 6.04. The molecule has 32 heavy (non-hydrogen) atoms. The molecule has 0 saturated heterocycles. The molecule has 1 atom stereocenters. The molecule has 3 aromatic carbocycles. The standard InChI is InChI=1S/C28H28N2O2/c1-31-26-13-7-5-11-22(26)24-19-25-23-12-6-8-14-27(23)32-28(30(25)29-24)17-15-21(16-18-28)20-9-3-2-4-10-20/h2-14,21,25H,15-19H2,1H3/t21?,25-,28?/m0/s1. The van der Waals surface area contributed by atoms with Gasteiger partial charge in [0.05, 0.1) is 18.9 Å². The number of rotatable bonds is 3. The van der Waals surface area contributed by atoms with Crippen LogP contribution in [0.1, 0.15) is 60.8 Å². The van der Waals surface area contributed by atoms with Gasteiger partial charge in [-0.3, -0.25) is 0 Å². The van der Waals surface area contributed by atoms with E-state index in [4.69, 9.17) is 14.6 Å². The largest absolute Gasteiger partial charge is 0.496 e. The Morgan fingerprint density at radius 2 is 1.62 bits per heavy atom. The fourth-order valence-corrected chi connectivity index (χ4v) is 5.73. The fourth-order valence-electron chi connectivity index (χ4n) is 5.73. The molecule has 2 heterocycles. The number of para-hydroxylation sites is 2. The van der Waals surface area contributed by atoms with Crippen LogP contribution in [-0.2, 0) is 0 Å². The molecule has 3 aromatic rings. The van der Waals surface area contributed by atoms with Crippen molar-refractivity contribution in [2.24, 2.45) is 5.10 Å². The molecule has 3 aliphatic rings. The van der Waals surface area contributed by atoms with Crippen LogP contribution in [0.4, 0.5) is 0 Å². The Bertz CT molecular complexity index is 1150. The lowest BCUT2D eigenvalue weighted by Crippen LogP contribution is -2.55. The first-order chi connectivity index (χ1) is 15.8. The van der Waals surface area contributed by atoms with Gasteiger partial charge in [0.15, 0.2) is 5.72 Å². The van der Waals surface area contributed by atoms with E-state index >= 15 is 0 Å². The lowest BCUT2D eigenvalue weighted by Gasteiger charge is -2.50. The summed E-state index contributed by atoms with van der Waals surface area (Å²) in [5.74, 6) is 2.48. The third kappa shape index (κ3) is 3.09. The van der Waals surface area contributed by atoms with Gasteiger partial charge in [0.2, 0.25) is 0 Å². The predicted molar refractivity (Wildman–Crippen MR) is 126 cm³/mol. The highest BCUT2D eigenvalue weighted by Crippen LogP contribution is 2.53. The predicted octanol–water partition coefficient (Wildman–Crippen LogP) is 6.29. The zero-order chi connectivity index (χ0) is 21.5. The zero-order valence-corrected chi connectivity index (χ0v) is 18.4. The van der Waals surface area contributed by atoms with Gasteiger partial charge in [-0.2, -0.15) is 5.10 Å². The molecule has 6 rings (SSSR count). The topological polar surface area (TPSA) is 34.1 Å². The van der Waals surface area contributed by atoms with E-state index in [1.165, 1.54) is 11.1 Å². The van der Waals surface area contributed by atoms with Crippen molar-refractivity contribution in [2.45, 2.75) is 49.8 Å². The summed E-state index contributed by atoms with van der Waals surface area (Å²) in [6.07, 6.45) is 5.02. The van der Waals surface area contributed by atoms with E-state index in [2.05, 4.69) is 71.7 Å². The number of fused-ring (bicyclic) bond motifs is 4. The highest BCUT2D eigenvalue weighted by atomic mass is 16.5. The van der Waals surface area contributed by atoms with Gasteiger partial charge in [0.25, 0.3) is 0 Å². The van der Waals surface area contributed by atoms with Crippen molar-refractivity contribution in [1.82, 2.24) is 5.01 Å². The molecule has 4 heteroatoms. The van der Waals surface area contributed by atoms with Crippen molar-refractivity contribution in [3.63, 3.8) is 0 Å². The van der Waals surface area contributed by atoms with E-state index in [0.717, 1.165) is 54.9 Å². The summed E-state index contributed by atoms with van der Waals surface area (Å²) in [4.78, 5) is 0. The minimum absolute atomic E-state index is 0.202. The number of ether oxygens (including phenoxy) is 2. The number of methoxy groups -OCH3 is 1. The molecule has 1 spiro atoms. The summed E-state index contributed by atoms with van der Waals surface area (Å²) >= 11 is 0. The first-order valence-corrected chi connectivity index (χ1v) is 11.6. The Hall–Kier alpha value is -3.27. The van der Waals surface area contributed by atoms with Crippen molar-refractivity contribution in [1.29, 1.82) is 0 Å². The maximum Gasteiger partial charge on any atom is 0.198 e. The maximum atomic E-state index is 6.79. The second-order valence-electron chi connectivity index (χ2n) is 9.08. The van der Waals surface area contributed by atoms with E-state index in [0.29, 0.717) is 5.92 Å². The third-order valence-electron chi connectivity index (χ3n) is 7.36. The van der Waals surface area contributed by atoms with Crippen LogP contribution in [0.25, 0.3) is 0 Å². The van der Waals surface area contributed by atoms with Crippen molar-refractivity contribution >= 4 is 5.71 Å². The first kappa shape index (κ1) is 19.4. The van der Waals surface area contributed by atoms with Crippen LogP contribution >= 0.6 is 0 Å². The molecule has 0 aromatic heterocycles. The molecule has 1 fully saturated rings. The van der Waals surface area contributed by atoms with Gasteiger partial charge in [-0.15, -0.1) is 0 Å². The summed E-state index contributed by atoms with van der Waals surface area (Å²) in [6.45, 7) is 0. The average molecular weight is 425 g/mol. The first-order valence-electron chi connectivity index (χ1n) is 11.6. The summed E-state index contributed by atoms with van der Waals surface area (Å²) in [5.41, 5.74) is 4.45. The SMILES string of the molecule is COc1ccccc1C1=NN2[C@@H](C1)c1ccccc1OC21CCC(c2ccccc2)CC1. The Morgan fingerprint density at radius 3 is 2.44 bits per heavy atom. The normalized spacial score (nSPS) is 26.2. The Labute approximate surface area is 189 Å². The minimum atomic E-state index is -0.381. The smallest absolute Gasteiger partial charge is 0.198 e. The summed E-state index contributed by atoms with van der Waals surface area (Å²) < 4.78 is 12.4. The minimum Gasteiger partial charge on any atom is -0.496 e. The molecule has 1 aliphatic carbocycles. The number of benzene rings is 3. The number of hydrogen-bond acceptors (Lipinski definition) is 4. The number of hydrazone groups is 1. The van der Waals surface area contributed by atoms with Gasteiger partial charge in [-0.1, -0.05) is 60.7 Å². The van der Waals surface area contributed by atoms with Crippen LogP contribution in [0.2, 0.25) is 0 Å². The Morgan fingerprint density at radius 1 is 0.906 bits per heavy atom. The molecule has 1 saturated carbocycles. The number of nitrogens with zero attached hydrogens (tertiary/aromatic N) is 2. The van der Waals surface area contributed by atoms with Crippen LogP contribution in [0.5, 0.6) is 11.5 Å². The molecular weight excluding hydrogens is 396 g/mol. The molecule has 0 unspecified atom stereocenters. The summed E-state index contributed by atoms with van der Waals surface area (Å²) in [5, 5.41) is 7.50. The van der Waals surface area contributed by atoms with Crippen molar-refractivity contribution in [2.75, 3.05) is 7.11 Å². The van der Waals surface area contributed by atoms with E-state index in [-0.39, 0.29) is 11.8 Å². The monoisotopic (exact) mass is 424 g/mol. The average Bonchev–Trinajstić information content (AvgIpc) is 3.32. The quantitative estimate of drug-likeness (QED) is 0.495. The van der Waals surface area contributed by atoms with Gasteiger partial charge < -0.3 is 9.47 Å². The maximum absolute atomic E-state index is 6.79. The van der Waals surface area contributed by atoms with Gasteiger partial charge in [-0.05, 0) is 42.5 Å². The van der Waals surface area contributed by atoms with Crippen molar-refractivity contribution in [3.05, 3.63) is 95.6 Å². The molecule has 0 amide bonds. The molecule has 4 nitrogen and oxygen atoms in total. The van der Waals surface area contributed by atoms with Crippen LogP contribution in [-0.4, -0.2) is 23.6 Å². The lowest BCUT2D eigenvalue weighted by molar-refractivity contribution is -0.142. The van der Waals surface area contributed by atoms with Crippen molar-refractivity contribution < 1.29 is 9.47 Å². The van der Waals surface area contributed by atoms with Crippen LogP contribution in [0.3, 0.4) is 0 Å². The lowest BCUT2D eigenvalue weighted by atomic mass is 9.78.